The van der Waals surface area contributed by atoms with Crippen LogP contribution in [0.1, 0.15) is 26.3 Å². The first-order valence-corrected chi connectivity index (χ1v) is 8.92. The third-order valence-corrected chi connectivity index (χ3v) is 4.38. The van der Waals surface area contributed by atoms with E-state index in [0.29, 0.717) is 11.4 Å². The molecule has 0 spiro atoms. The summed E-state index contributed by atoms with van der Waals surface area (Å²) in [6, 6.07) is 12.8. The summed E-state index contributed by atoms with van der Waals surface area (Å²) >= 11 is 0. The number of nitrogens with two attached hydrogens (primary N) is 1. The first-order valence-electron chi connectivity index (χ1n) is 7.37. The number of sulfonamides is 1. The van der Waals surface area contributed by atoms with Crippen LogP contribution < -0.4 is 15.8 Å². The van der Waals surface area contributed by atoms with Crippen molar-refractivity contribution in [3.63, 3.8) is 0 Å². The van der Waals surface area contributed by atoms with Crippen LogP contribution in [0.3, 0.4) is 0 Å². The van der Waals surface area contributed by atoms with Crippen LogP contribution in [0.25, 0.3) is 0 Å². The van der Waals surface area contributed by atoms with E-state index < -0.39 is 16.1 Å². The van der Waals surface area contributed by atoms with Gasteiger partial charge in [0.2, 0.25) is 10.0 Å². The van der Waals surface area contributed by atoms with Gasteiger partial charge in [0.25, 0.3) is 0 Å². The highest BCUT2D eigenvalue weighted by Gasteiger charge is 2.13. The number of nitrogens with one attached hydrogen (secondary N) is 2. The molecule has 0 heterocycles. The van der Waals surface area contributed by atoms with Crippen LogP contribution in [0.15, 0.2) is 53.4 Å². The maximum atomic E-state index is 12.0. The van der Waals surface area contributed by atoms with E-state index in [4.69, 9.17) is 5.14 Å². The summed E-state index contributed by atoms with van der Waals surface area (Å²) in [5.41, 5.74) is 2.35. The average molecular weight is 347 g/mol. The van der Waals surface area contributed by atoms with Crippen molar-refractivity contribution in [2.45, 2.75) is 31.1 Å². The molecule has 2 aromatic carbocycles. The van der Waals surface area contributed by atoms with Crippen molar-refractivity contribution in [2.24, 2.45) is 5.14 Å². The monoisotopic (exact) mass is 347 g/mol. The minimum Gasteiger partial charge on any atom is -0.308 e. The van der Waals surface area contributed by atoms with Gasteiger partial charge in [0.15, 0.2) is 0 Å². The van der Waals surface area contributed by atoms with Gasteiger partial charge in [-0.25, -0.2) is 18.4 Å². The second-order valence-corrected chi connectivity index (χ2v) is 8.04. The molecule has 0 radical (unpaired) electrons. The number of hydrogen-bond donors (Lipinski definition) is 3. The zero-order valence-corrected chi connectivity index (χ0v) is 14.6. The quantitative estimate of drug-likeness (QED) is 0.794. The summed E-state index contributed by atoms with van der Waals surface area (Å²) in [6.45, 7) is 6.36. The van der Waals surface area contributed by atoms with E-state index in [-0.39, 0.29) is 10.3 Å². The molecule has 2 amide bonds. The van der Waals surface area contributed by atoms with Gasteiger partial charge in [0, 0.05) is 11.4 Å². The smallest absolute Gasteiger partial charge is 0.308 e. The summed E-state index contributed by atoms with van der Waals surface area (Å²) < 4.78 is 22.4. The van der Waals surface area contributed by atoms with Crippen LogP contribution in [0.2, 0.25) is 0 Å². The normalized spacial score (nSPS) is 11.8. The minimum absolute atomic E-state index is 0.00812. The van der Waals surface area contributed by atoms with Crippen molar-refractivity contribution in [3.8, 4) is 0 Å². The number of carbonyl (C=O) groups is 1. The fourth-order valence-corrected chi connectivity index (χ4v) is 2.59. The summed E-state index contributed by atoms with van der Waals surface area (Å²) in [5, 5.41) is 10.4. The van der Waals surface area contributed by atoms with Gasteiger partial charge in [-0.3, -0.25) is 0 Å². The Kier molecular flexibility index (Phi) is 4.96. The molecule has 24 heavy (non-hydrogen) atoms. The first-order chi connectivity index (χ1) is 11.1. The fraction of sp³-hybridized carbons (Fsp3) is 0.235. The van der Waals surface area contributed by atoms with Crippen molar-refractivity contribution in [3.05, 3.63) is 54.1 Å². The van der Waals surface area contributed by atoms with Gasteiger partial charge in [-0.05, 0) is 47.4 Å². The van der Waals surface area contributed by atoms with Crippen LogP contribution >= 0.6 is 0 Å². The van der Waals surface area contributed by atoms with Crippen molar-refractivity contribution in [2.75, 3.05) is 10.6 Å². The van der Waals surface area contributed by atoms with E-state index in [0.717, 1.165) is 0 Å². The Morgan fingerprint density at radius 3 is 1.67 bits per heavy atom. The largest absolute Gasteiger partial charge is 0.323 e. The molecule has 6 nitrogen and oxygen atoms in total. The van der Waals surface area contributed by atoms with Gasteiger partial charge in [0.05, 0.1) is 4.90 Å². The zero-order chi connectivity index (χ0) is 18.0. The van der Waals surface area contributed by atoms with Crippen LogP contribution in [0.5, 0.6) is 0 Å². The van der Waals surface area contributed by atoms with Gasteiger partial charge in [-0.1, -0.05) is 32.9 Å². The second-order valence-electron chi connectivity index (χ2n) is 6.48. The molecule has 0 aliphatic rings. The third kappa shape index (κ3) is 4.81. The Labute approximate surface area is 142 Å². The number of anilines is 2. The SMILES string of the molecule is CC(C)(C)c1ccc(NC(=O)Nc2ccc(S(N)(=O)=O)cc2)cc1. The van der Waals surface area contributed by atoms with Crippen LogP contribution in [0.4, 0.5) is 16.2 Å². The van der Waals surface area contributed by atoms with Crippen molar-refractivity contribution < 1.29 is 13.2 Å². The molecule has 0 aromatic heterocycles. The van der Waals surface area contributed by atoms with Crippen LogP contribution in [0, 0.1) is 0 Å². The molecule has 0 fully saturated rings. The summed E-state index contributed by atoms with van der Waals surface area (Å²) in [5.74, 6) is 0. The van der Waals surface area contributed by atoms with E-state index in [2.05, 4.69) is 31.4 Å². The van der Waals surface area contributed by atoms with E-state index >= 15 is 0 Å². The summed E-state index contributed by atoms with van der Waals surface area (Å²) in [6.07, 6.45) is 0. The molecular weight excluding hydrogens is 326 g/mol. The van der Waals surface area contributed by atoms with E-state index in [9.17, 15) is 13.2 Å². The van der Waals surface area contributed by atoms with Crippen molar-refractivity contribution in [1.82, 2.24) is 0 Å². The molecule has 2 rings (SSSR count). The predicted molar refractivity (Wildman–Crippen MR) is 95.6 cm³/mol. The number of amides is 2. The fourth-order valence-electron chi connectivity index (χ4n) is 2.07. The average Bonchev–Trinajstić information content (AvgIpc) is 2.46. The topological polar surface area (TPSA) is 101 Å². The van der Waals surface area contributed by atoms with E-state index in [1.807, 2.05) is 24.3 Å². The lowest BCUT2D eigenvalue weighted by molar-refractivity contribution is 0.262. The molecule has 0 saturated carbocycles. The lowest BCUT2D eigenvalue weighted by Gasteiger charge is -2.19. The predicted octanol–water partition coefficient (Wildman–Crippen LogP) is 3.28. The van der Waals surface area contributed by atoms with Gasteiger partial charge < -0.3 is 10.6 Å². The molecule has 2 aromatic rings. The molecule has 0 saturated heterocycles. The number of hydrogen-bond acceptors (Lipinski definition) is 3. The zero-order valence-electron chi connectivity index (χ0n) is 13.8. The highest BCUT2D eigenvalue weighted by molar-refractivity contribution is 7.89. The summed E-state index contributed by atoms with van der Waals surface area (Å²) in [7, 11) is -3.74. The molecular formula is C17H21N3O3S. The Morgan fingerprint density at radius 2 is 1.29 bits per heavy atom. The molecule has 0 atom stereocenters. The minimum atomic E-state index is -3.74. The van der Waals surface area contributed by atoms with Crippen LogP contribution in [-0.2, 0) is 15.4 Å². The molecule has 0 aliphatic carbocycles. The van der Waals surface area contributed by atoms with Gasteiger partial charge in [-0.2, -0.15) is 0 Å². The van der Waals surface area contributed by atoms with Crippen LogP contribution in [-0.4, -0.2) is 14.4 Å². The maximum Gasteiger partial charge on any atom is 0.323 e. The first kappa shape index (κ1) is 18.0. The second kappa shape index (κ2) is 6.62. The highest BCUT2D eigenvalue weighted by Crippen LogP contribution is 2.23. The lowest BCUT2D eigenvalue weighted by atomic mass is 9.87. The Balaban J connectivity index is 2.00. The Hall–Kier alpha value is -2.38. The third-order valence-electron chi connectivity index (χ3n) is 3.45. The summed E-state index contributed by atoms with van der Waals surface area (Å²) in [4.78, 5) is 12.0. The number of urea groups is 1. The number of benzene rings is 2. The maximum absolute atomic E-state index is 12.0. The molecule has 7 heteroatoms. The lowest BCUT2D eigenvalue weighted by Crippen LogP contribution is -2.20. The molecule has 0 aliphatic heterocycles. The van der Waals surface area contributed by atoms with Gasteiger partial charge in [-0.15, -0.1) is 0 Å². The van der Waals surface area contributed by atoms with E-state index in [1.54, 1.807) is 0 Å². The highest BCUT2D eigenvalue weighted by atomic mass is 32.2. The molecule has 128 valence electrons. The number of rotatable bonds is 3. The number of primary sulfonamides is 1. The standard InChI is InChI=1S/C17H21N3O3S/c1-17(2,3)12-4-6-13(7-5-12)19-16(21)20-14-8-10-15(11-9-14)24(18,22)23/h4-11H,1-3H3,(H2,18,22,23)(H2,19,20,21). The van der Waals surface area contributed by atoms with Gasteiger partial charge >= 0.3 is 6.03 Å². The van der Waals surface area contributed by atoms with E-state index in [1.165, 1.54) is 29.8 Å². The molecule has 0 unspecified atom stereocenters. The molecule has 4 N–H and O–H groups in total. The van der Waals surface area contributed by atoms with Gasteiger partial charge in [0.1, 0.15) is 0 Å². The van der Waals surface area contributed by atoms with Crippen molar-refractivity contribution >= 4 is 27.4 Å². The van der Waals surface area contributed by atoms with Crippen molar-refractivity contribution in [1.29, 1.82) is 0 Å². The Bertz CT molecular complexity index is 821. The molecule has 0 bridgehead atoms. The Morgan fingerprint density at radius 1 is 0.875 bits per heavy atom. The number of carbonyl (C=O) groups excluding carboxylic acids is 1.